The molecule has 0 atom stereocenters. The van der Waals surface area contributed by atoms with Crippen LogP contribution < -0.4 is 0 Å². The first-order chi connectivity index (χ1) is 27.8. The normalized spacial score (nSPS) is 11.6. The minimum Gasteiger partial charge on any atom is -0.309 e. The molecular formula is C51H32N4S. The predicted octanol–water partition coefficient (Wildman–Crippen LogP) is 13.7. The first kappa shape index (κ1) is 32.2. The summed E-state index contributed by atoms with van der Waals surface area (Å²) in [4.78, 5) is 15.7. The molecule has 0 amide bonds. The maximum atomic E-state index is 5.32. The first-order valence-corrected chi connectivity index (χ1v) is 19.6. The Morgan fingerprint density at radius 1 is 0.321 bits per heavy atom. The number of thiophene rings is 1. The molecule has 0 unspecified atom stereocenters. The molecule has 11 aromatic rings. The minimum atomic E-state index is 0.624. The molecule has 0 saturated heterocycles. The van der Waals surface area contributed by atoms with Crippen molar-refractivity contribution in [3.8, 4) is 62.1 Å². The van der Waals surface area contributed by atoms with Crippen molar-refractivity contribution in [2.24, 2.45) is 0 Å². The highest BCUT2D eigenvalue weighted by atomic mass is 32.1. The zero-order chi connectivity index (χ0) is 37.0. The molecule has 0 fully saturated rings. The Hall–Kier alpha value is -7.21. The molecule has 56 heavy (non-hydrogen) atoms. The Kier molecular flexibility index (Phi) is 7.64. The molecule has 0 aliphatic carbocycles. The molecule has 0 N–H and O–H groups in total. The summed E-state index contributed by atoms with van der Waals surface area (Å²) in [6.45, 7) is 0. The van der Waals surface area contributed by atoms with Crippen LogP contribution in [0.4, 0.5) is 0 Å². The van der Waals surface area contributed by atoms with Crippen LogP contribution in [-0.4, -0.2) is 19.5 Å². The molecule has 3 aromatic heterocycles. The zero-order valence-electron chi connectivity index (χ0n) is 30.2. The van der Waals surface area contributed by atoms with Gasteiger partial charge >= 0.3 is 0 Å². The average Bonchev–Trinajstić information content (AvgIpc) is 3.83. The number of hydrogen-bond donors (Lipinski definition) is 0. The number of rotatable bonds is 6. The van der Waals surface area contributed by atoms with E-state index in [9.17, 15) is 0 Å². The number of fused-ring (bicyclic) bond motifs is 6. The van der Waals surface area contributed by atoms with Crippen LogP contribution >= 0.6 is 11.3 Å². The Labute approximate surface area is 327 Å². The summed E-state index contributed by atoms with van der Waals surface area (Å²) in [6, 6.07) is 68.5. The quantitative estimate of drug-likeness (QED) is 0.171. The van der Waals surface area contributed by atoms with Gasteiger partial charge in [0.05, 0.1) is 16.7 Å². The maximum absolute atomic E-state index is 5.32. The highest BCUT2D eigenvalue weighted by Crippen LogP contribution is 2.44. The third-order valence-electron chi connectivity index (χ3n) is 10.7. The van der Waals surface area contributed by atoms with Crippen molar-refractivity contribution in [1.29, 1.82) is 0 Å². The molecule has 4 nitrogen and oxygen atoms in total. The number of para-hydroxylation sites is 2. The highest BCUT2D eigenvalue weighted by Gasteiger charge is 2.21. The van der Waals surface area contributed by atoms with Crippen LogP contribution in [0.3, 0.4) is 0 Å². The molecule has 0 radical (unpaired) electrons. The monoisotopic (exact) mass is 732 g/mol. The number of aromatic nitrogens is 4. The van der Waals surface area contributed by atoms with Gasteiger partial charge in [-0.3, -0.25) is 0 Å². The lowest BCUT2D eigenvalue weighted by Gasteiger charge is -2.16. The SMILES string of the molecule is c1ccc(-c2nc(-c3ccc(-c4ccccc4)c(-n4c5ccccc5c5ccccc54)c3)nc(-c3cccc4c3sc3c(-c5ccccc5)cccc34)n2)cc1. The van der Waals surface area contributed by atoms with E-state index in [1.54, 1.807) is 11.3 Å². The van der Waals surface area contributed by atoms with E-state index in [1.165, 1.54) is 37.4 Å². The molecular weight excluding hydrogens is 701 g/mol. The lowest BCUT2D eigenvalue weighted by Crippen LogP contribution is -2.02. The third-order valence-corrected chi connectivity index (χ3v) is 12.0. The second-order valence-corrected chi connectivity index (χ2v) is 15.0. The predicted molar refractivity (Wildman–Crippen MR) is 234 cm³/mol. The van der Waals surface area contributed by atoms with Gasteiger partial charge in [-0.25, -0.2) is 15.0 Å². The number of benzene rings is 8. The summed E-state index contributed by atoms with van der Waals surface area (Å²) in [7, 11) is 0. The second kappa shape index (κ2) is 13.3. The second-order valence-electron chi connectivity index (χ2n) is 14.0. The molecule has 8 aromatic carbocycles. The van der Waals surface area contributed by atoms with Gasteiger partial charge in [0.1, 0.15) is 0 Å². The van der Waals surface area contributed by atoms with Crippen LogP contribution in [0.25, 0.3) is 104 Å². The van der Waals surface area contributed by atoms with E-state index in [1.807, 2.05) is 18.2 Å². The van der Waals surface area contributed by atoms with Crippen molar-refractivity contribution in [1.82, 2.24) is 19.5 Å². The van der Waals surface area contributed by atoms with E-state index < -0.39 is 0 Å². The highest BCUT2D eigenvalue weighted by molar-refractivity contribution is 7.26. The fraction of sp³-hybridized carbons (Fsp3) is 0. The van der Waals surface area contributed by atoms with Crippen LogP contribution in [0.2, 0.25) is 0 Å². The largest absolute Gasteiger partial charge is 0.309 e. The molecule has 262 valence electrons. The van der Waals surface area contributed by atoms with Gasteiger partial charge in [0, 0.05) is 53.2 Å². The molecule has 0 aliphatic rings. The van der Waals surface area contributed by atoms with Gasteiger partial charge in [0.15, 0.2) is 17.5 Å². The summed E-state index contributed by atoms with van der Waals surface area (Å²) in [5, 5.41) is 4.86. The smallest absolute Gasteiger partial charge is 0.165 e. The van der Waals surface area contributed by atoms with Crippen molar-refractivity contribution >= 4 is 53.3 Å². The van der Waals surface area contributed by atoms with Crippen molar-refractivity contribution in [3.63, 3.8) is 0 Å². The topological polar surface area (TPSA) is 43.6 Å². The molecule has 5 heteroatoms. The van der Waals surface area contributed by atoms with Crippen molar-refractivity contribution in [2.75, 3.05) is 0 Å². The summed E-state index contributed by atoms with van der Waals surface area (Å²) < 4.78 is 4.80. The average molecular weight is 733 g/mol. The van der Waals surface area contributed by atoms with E-state index in [2.05, 4.69) is 180 Å². The summed E-state index contributed by atoms with van der Waals surface area (Å²) >= 11 is 1.81. The van der Waals surface area contributed by atoms with Crippen molar-refractivity contribution in [3.05, 3.63) is 194 Å². The van der Waals surface area contributed by atoms with Gasteiger partial charge in [0.2, 0.25) is 0 Å². The van der Waals surface area contributed by atoms with E-state index in [0.717, 1.165) is 49.2 Å². The van der Waals surface area contributed by atoms with Crippen LogP contribution in [-0.2, 0) is 0 Å². The van der Waals surface area contributed by atoms with Gasteiger partial charge in [-0.1, -0.05) is 170 Å². The van der Waals surface area contributed by atoms with Crippen molar-refractivity contribution < 1.29 is 0 Å². The van der Waals surface area contributed by atoms with Crippen LogP contribution in [0.15, 0.2) is 194 Å². The molecule has 0 spiro atoms. The van der Waals surface area contributed by atoms with Gasteiger partial charge in [-0.15, -0.1) is 11.3 Å². The number of nitrogens with zero attached hydrogens (tertiary/aromatic N) is 4. The standard InChI is InChI=1S/C51H32N4S/c1-4-16-33(17-5-1)37-31-30-36(32-46(37)55-44-28-12-10-22-39(44)40-23-11-13-29-45(40)55)50-52-49(35-20-8-3-9-21-35)53-51(54-50)43-27-15-26-42-41-25-14-24-38(47(41)56-48(42)43)34-18-6-2-7-19-34/h1-32H. The summed E-state index contributed by atoms with van der Waals surface area (Å²) in [6.07, 6.45) is 0. The molecule has 0 bridgehead atoms. The van der Waals surface area contributed by atoms with E-state index in [4.69, 9.17) is 15.0 Å². The van der Waals surface area contributed by atoms with Crippen molar-refractivity contribution in [2.45, 2.75) is 0 Å². The number of hydrogen-bond acceptors (Lipinski definition) is 4. The minimum absolute atomic E-state index is 0.624. The maximum Gasteiger partial charge on any atom is 0.165 e. The molecule has 11 rings (SSSR count). The lowest BCUT2D eigenvalue weighted by molar-refractivity contribution is 1.07. The zero-order valence-corrected chi connectivity index (χ0v) is 31.0. The van der Waals surface area contributed by atoms with Crippen LogP contribution in [0, 0.1) is 0 Å². The lowest BCUT2D eigenvalue weighted by atomic mass is 10.0. The van der Waals surface area contributed by atoms with E-state index in [0.29, 0.717) is 17.5 Å². The van der Waals surface area contributed by atoms with Gasteiger partial charge in [0.25, 0.3) is 0 Å². The Bertz CT molecular complexity index is 3190. The van der Waals surface area contributed by atoms with E-state index >= 15 is 0 Å². The van der Waals surface area contributed by atoms with Crippen LogP contribution in [0.5, 0.6) is 0 Å². The fourth-order valence-corrected chi connectivity index (χ4v) is 9.43. The van der Waals surface area contributed by atoms with E-state index in [-0.39, 0.29) is 0 Å². The van der Waals surface area contributed by atoms with Crippen LogP contribution in [0.1, 0.15) is 0 Å². The van der Waals surface area contributed by atoms with Gasteiger partial charge in [-0.2, -0.15) is 0 Å². The van der Waals surface area contributed by atoms with Gasteiger partial charge in [-0.05, 0) is 41.0 Å². The summed E-state index contributed by atoms with van der Waals surface area (Å²) in [5.74, 6) is 1.91. The molecule has 3 heterocycles. The molecule has 0 saturated carbocycles. The first-order valence-electron chi connectivity index (χ1n) is 18.8. The Balaban J connectivity index is 1.16. The third kappa shape index (κ3) is 5.32. The molecule has 0 aliphatic heterocycles. The fourth-order valence-electron chi connectivity index (χ4n) is 8.08. The Morgan fingerprint density at radius 3 is 1.41 bits per heavy atom. The summed E-state index contributed by atoms with van der Waals surface area (Å²) in [5.41, 5.74) is 10.9. The van der Waals surface area contributed by atoms with Gasteiger partial charge < -0.3 is 4.57 Å². The Morgan fingerprint density at radius 2 is 0.786 bits per heavy atom.